The van der Waals surface area contributed by atoms with Gasteiger partial charge in [-0.3, -0.25) is 14.6 Å². The molecule has 8 nitrogen and oxygen atoms in total. The number of hydrogen-bond donors (Lipinski definition) is 2. The average molecular weight is 404 g/mol. The van der Waals surface area contributed by atoms with Crippen LogP contribution in [0.2, 0.25) is 0 Å². The van der Waals surface area contributed by atoms with E-state index in [0.29, 0.717) is 29.9 Å². The van der Waals surface area contributed by atoms with Crippen molar-refractivity contribution in [2.24, 2.45) is 11.6 Å². The Labute approximate surface area is 174 Å². The number of aryl methyl sites for hydroxylation is 1. The molecule has 0 bridgehead atoms. The second-order valence-electron chi connectivity index (χ2n) is 7.18. The van der Waals surface area contributed by atoms with Crippen molar-refractivity contribution in [1.29, 1.82) is 0 Å². The number of benzene rings is 1. The molecular formula is C22H24N6O2. The first-order valence-corrected chi connectivity index (χ1v) is 9.75. The van der Waals surface area contributed by atoms with Gasteiger partial charge in [0, 0.05) is 30.9 Å². The fourth-order valence-electron chi connectivity index (χ4n) is 3.63. The molecule has 0 amide bonds. The molecule has 0 unspecified atom stereocenters. The highest BCUT2D eigenvalue weighted by Crippen LogP contribution is 2.34. The first-order valence-electron chi connectivity index (χ1n) is 9.75. The third kappa shape index (κ3) is 3.53. The number of carbonyl (C=O) groups excluding carboxylic acids is 1. The maximum atomic E-state index is 12.5. The Morgan fingerprint density at radius 3 is 2.83 bits per heavy atom. The number of esters is 1. The topological polar surface area (TPSA) is 112 Å². The van der Waals surface area contributed by atoms with Crippen LogP contribution in [0.3, 0.4) is 0 Å². The van der Waals surface area contributed by atoms with Crippen molar-refractivity contribution in [1.82, 2.24) is 14.5 Å². The number of hydrogen-bond acceptors (Lipinski definition) is 7. The number of rotatable bonds is 4. The summed E-state index contributed by atoms with van der Waals surface area (Å²) in [7, 11) is 0. The van der Waals surface area contributed by atoms with E-state index in [0.717, 1.165) is 22.5 Å². The molecule has 8 heteroatoms. The number of allylic oxidation sites excluding steroid dienone is 2. The van der Waals surface area contributed by atoms with Gasteiger partial charge in [0.1, 0.15) is 6.33 Å². The van der Waals surface area contributed by atoms with Gasteiger partial charge < -0.3 is 10.5 Å². The number of aromatic nitrogens is 3. The summed E-state index contributed by atoms with van der Waals surface area (Å²) < 4.78 is 7.08. The Kier molecular flexibility index (Phi) is 5.24. The van der Waals surface area contributed by atoms with Gasteiger partial charge in [-0.2, -0.15) is 0 Å². The fraction of sp³-hybridized carbons (Fsp3) is 0.227. The van der Waals surface area contributed by atoms with E-state index in [4.69, 9.17) is 16.3 Å². The molecule has 0 aliphatic carbocycles. The van der Waals surface area contributed by atoms with E-state index in [1.54, 1.807) is 30.7 Å². The lowest BCUT2D eigenvalue weighted by molar-refractivity contribution is 0.0519. The molecular weight excluding hydrogens is 380 g/mol. The van der Waals surface area contributed by atoms with E-state index in [-0.39, 0.29) is 12.3 Å². The number of imidazole rings is 1. The summed E-state index contributed by atoms with van der Waals surface area (Å²) in [5, 5.41) is 1.61. The zero-order valence-electron chi connectivity index (χ0n) is 17.0. The maximum Gasteiger partial charge on any atom is 0.358 e. The Balaban J connectivity index is 1.88. The van der Waals surface area contributed by atoms with Gasteiger partial charge in [-0.1, -0.05) is 12.1 Å². The highest BCUT2D eigenvalue weighted by atomic mass is 16.5. The van der Waals surface area contributed by atoms with Crippen molar-refractivity contribution >= 4 is 11.7 Å². The highest BCUT2D eigenvalue weighted by molar-refractivity contribution is 5.89. The standard InChI is InChI=1S/C22H24N6O2/c1-3-30-22(29)21-20-11-18(16(23)10-15-5-4-8-25-12-15)28(24)19-9-14(2)6-7-17(19)27(20)13-26-21/h4-9,12-13H,3,10-11,23-24H2,1-2H3/b18-16-. The summed E-state index contributed by atoms with van der Waals surface area (Å²) in [6.45, 7) is 4.04. The first kappa shape index (κ1) is 19.7. The van der Waals surface area contributed by atoms with Crippen LogP contribution in [0.5, 0.6) is 0 Å². The number of carbonyl (C=O) groups is 1. The Morgan fingerprint density at radius 2 is 2.10 bits per heavy atom. The lowest BCUT2D eigenvalue weighted by Gasteiger charge is -2.24. The zero-order valence-corrected chi connectivity index (χ0v) is 17.0. The van der Waals surface area contributed by atoms with Gasteiger partial charge in [-0.05, 0) is 43.2 Å². The summed E-state index contributed by atoms with van der Waals surface area (Å²) in [6.07, 6.45) is 5.95. The molecule has 0 saturated heterocycles. The van der Waals surface area contributed by atoms with Crippen molar-refractivity contribution in [3.05, 3.63) is 83.0 Å². The van der Waals surface area contributed by atoms with Crippen molar-refractivity contribution < 1.29 is 9.53 Å². The molecule has 0 spiro atoms. The summed E-state index contributed by atoms with van der Waals surface area (Å²) in [5.74, 6) is 6.10. The number of hydrazine groups is 1. The molecule has 0 radical (unpaired) electrons. The van der Waals surface area contributed by atoms with E-state index in [1.807, 2.05) is 41.8 Å². The van der Waals surface area contributed by atoms with Crippen LogP contribution in [-0.2, 0) is 17.6 Å². The van der Waals surface area contributed by atoms with E-state index in [2.05, 4.69) is 9.97 Å². The molecule has 30 heavy (non-hydrogen) atoms. The van der Waals surface area contributed by atoms with Crippen LogP contribution in [0, 0.1) is 6.92 Å². The summed E-state index contributed by atoms with van der Waals surface area (Å²) in [5.41, 5.74) is 12.4. The second-order valence-corrected chi connectivity index (χ2v) is 7.18. The minimum atomic E-state index is -0.462. The van der Waals surface area contributed by atoms with Gasteiger partial charge in [0.15, 0.2) is 5.69 Å². The average Bonchev–Trinajstić information content (AvgIpc) is 3.11. The van der Waals surface area contributed by atoms with Gasteiger partial charge >= 0.3 is 5.97 Å². The van der Waals surface area contributed by atoms with Crippen LogP contribution >= 0.6 is 0 Å². The highest BCUT2D eigenvalue weighted by Gasteiger charge is 2.29. The molecule has 0 atom stereocenters. The minimum absolute atomic E-state index is 0.269. The second kappa shape index (κ2) is 8.00. The van der Waals surface area contributed by atoms with Gasteiger partial charge in [-0.25, -0.2) is 15.6 Å². The minimum Gasteiger partial charge on any atom is -0.461 e. The molecule has 3 aromatic rings. The number of nitrogens with zero attached hydrogens (tertiary/aromatic N) is 4. The van der Waals surface area contributed by atoms with E-state index in [9.17, 15) is 4.79 Å². The van der Waals surface area contributed by atoms with Crippen molar-refractivity contribution in [2.45, 2.75) is 26.7 Å². The quantitative estimate of drug-likeness (QED) is 0.507. The molecule has 2 aromatic heterocycles. The van der Waals surface area contributed by atoms with E-state index < -0.39 is 5.97 Å². The SMILES string of the molecule is CCOC(=O)c1ncn2c1C/C(=C(/N)Cc1cccnc1)N(N)c1cc(C)ccc1-2. The maximum absolute atomic E-state index is 12.5. The monoisotopic (exact) mass is 404 g/mol. The molecule has 1 aliphatic rings. The lowest BCUT2D eigenvalue weighted by Crippen LogP contribution is -2.33. The van der Waals surface area contributed by atoms with Crippen molar-refractivity contribution in [3.8, 4) is 5.69 Å². The van der Waals surface area contributed by atoms with Crippen molar-refractivity contribution in [2.75, 3.05) is 11.6 Å². The van der Waals surface area contributed by atoms with Crippen molar-refractivity contribution in [3.63, 3.8) is 0 Å². The van der Waals surface area contributed by atoms with Crippen LogP contribution in [0.4, 0.5) is 5.69 Å². The summed E-state index contributed by atoms with van der Waals surface area (Å²) >= 11 is 0. The largest absolute Gasteiger partial charge is 0.461 e. The van der Waals surface area contributed by atoms with Gasteiger partial charge in [0.25, 0.3) is 0 Å². The first-order chi connectivity index (χ1) is 14.5. The molecule has 0 fully saturated rings. The molecule has 0 saturated carbocycles. The number of ether oxygens (including phenoxy) is 1. The number of nitrogens with two attached hydrogens (primary N) is 2. The summed E-state index contributed by atoms with van der Waals surface area (Å²) in [4.78, 5) is 21.0. The number of anilines is 1. The Morgan fingerprint density at radius 1 is 1.27 bits per heavy atom. The normalized spacial score (nSPS) is 14.6. The van der Waals surface area contributed by atoms with E-state index >= 15 is 0 Å². The fourth-order valence-corrected chi connectivity index (χ4v) is 3.63. The molecule has 154 valence electrons. The Hall–Kier alpha value is -3.65. The molecule has 1 aromatic carbocycles. The number of fused-ring (bicyclic) bond motifs is 3. The molecule has 4 rings (SSSR count). The smallest absolute Gasteiger partial charge is 0.358 e. The van der Waals surface area contributed by atoms with Crippen LogP contribution in [0.15, 0.2) is 60.4 Å². The lowest BCUT2D eigenvalue weighted by atomic mass is 10.1. The third-order valence-corrected chi connectivity index (χ3v) is 5.10. The Bertz CT molecular complexity index is 1120. The van der Waals surface area contributed by atoms with Crippen LogP contribution < -0.4 is 16.6 Å². The van der Waals surface area contributed by atoms with Crippen LogP contribution in [0.1, 0.15) is 34.2 Å². The van der Waals surface area contributed by atoms with E-state index in [1.165, 1.54) is 0 Å². The van der Waals surface area contributed by atoms with Crippen LogP contribution in [-0.4, -0.2) is 27.1 Å². The van der Waals surface area contributed by atoms with Gasteiger partial charge in [0.2, 0.25) is 0 Å². The molecule has 4 N–H and O–H groups in total. The molecule has 3 heterocycles. The predicted octanol–water partition coefficient (Wildman–Crippen LogP) is 2.40. The van der Waals surface area contributed by atoms with Crippen LogP contribution in [0.25, 0.3) is 5.69 Å². The third-order valence-electron chi connectivity index (χ3n) is 5.10. The number of pyridine rings is 1. The predicted molar refractivity (Wildman–Crippen MR) is 114 cm³/mol. The summed E-state index contributed by atoms with van der Waals surface area (Å²) in [6, 6.07) is 9.78. The zero-order chi connectivity index (χ0) is 21.3. The van der Waals surface area contributed by atoms with Gasteiger partial charge in [0.05, 0.1) is 29.4 Å². The van der Waals surface area contributed by atoms with Gasteiger partial charge in [-0.15, -0.1) is 0 Å². The molecule has 1 aliphatic heterocycles.